The van der Waals surface area contributed by atoms with Crippen LogP contribution in [0.15, 0.2) is 17.5 Å². The van der Waals surface area contributed by atoms with Crippen LogP contribution in [0.4, 0.5) is 0 Å². The van der Waals surface area contributed by atoms with Gasteiger partial charge in [0.2, 0.25) is 0 Å². The van der Waals surface area contributed by atoms with E-state index < -0.39 is 0 Å². The van der Waals surface area contributed by atoms with Gasteiger partial charge in [-0.25, -0.2) is 0 Å². The van der Waals surface area contributed by atoms with Gasteiger partial charge in [0.1, 0.15) is 0 Å². The third-order valence-corrected chi connectivity index (χ3v) is 3.62. The minimum Gasteiger partial charge on any atom is -0.351 e. The summed E-state index contributed by atoms with van der Waals surface area (Å²) in [5, 5.41) is 8.25. The molecular weight excluding hydrogens is 208 g/mol. The van der Waals surface area contributed by atoms with Crippen LogP contribution < -0.4 is 10.6 Å². The number of hydrogen-bond acceptors (Lipinski definition) is 3. The van der Waals surface area contributed by atoms with E-state index in [0.717, 1.165) is 24.5 Å². The van der Waals surface area contributed by atoms with Gasteiger partial charge in [0.15, 0.2) is 0 Å². The van der Waals surface area contributed by atoms with E-state index in [2.05, 4.69) is 10.6 Å². The summed E-state index contributed by atoms with van der Waals surface area (Å²) in [7, 11) is 0. The smallest absolute Gasteiger partial charge is 0.261 e. The number of nitrogens with one attached hydrogen (secondary N) is 2. The number of carbonyl (C=O) groups excluding carboxylic acids is 1. The van der Waals surface area contributed by atoms with Crippen LogP contribution >= 0.6 is 11.3 Å². The first-order valence-electron chi connectivity index (χ1n) is 5.38. The van der Waals surface area contributed by atoms with Crippen LogP contribution in [0.1, 0.15) is 22.5 Å². The maximum atomic E-state index is 11.6. The largest absolute Gasteiger partial charge is 0.351 e. The van der Waals surface area contributed by atoms with E-state index in [1.54, 1.807) is 0 Å². The number of hydrogen-bond donors (Lipinski definition) is 2. The Labute approximate surface area is 93.9 Å². The first kappa shape index (κ1) is 10.6. The van der Waals surface area contributed by atoms with Crippen LogP contribution in [0.5, 0.6) is 0 Å². The molecule has 1 fully saturated rings. The van der Waals surface area contributed by atoms with Crippen molar-refractivity contribution >= 4 is 17.2 Å². The molecule has 4 heteroatoms. The van der Waals surface area contributed by atoms with Crippen LogP contribution in [-0.2, 0) is 0 Å². The fraction of sp³-hybridized carbons (Fsp3) is 0.545. The number of carbonyl (C=O) groups is 1. The van der Waals surface area contributed by atoms with Crippen molar-refractivity contribution in [2.45, 2.75) is 12.8 Å². The monoisotopic (exact) mass is 224 g/mol. The van der Waals surface area contributed by atoms with Gasteiger partial charge in [-0.05, 0) is 43.3 Å². The molecule has 2 heterocycles. The molecule has 0 radical (unpaired) electrons. The Morgan fingerprint density at radius 1 is 1.53 bits per heavy atom. The van der Waals surface area contributed by atoms with Gasteiger partial charge < -0.3 is 10.6 Å². The molecule has 82 valence electrons. The lowest BCUT2D eigenvalue weighted by molar-refractivity contribution is 0.0948. The highest BCUT2D eigenvalue weighted by Crippen LogP contribution is 2.11. The van der Waals surface area contributed by atoms with E-state index in [1.807, 2.05) is 17.5 Å². The Kier molecular flexibility index (Phi) is 3.75. The summed E-state index contributed by atoms with van der Waals surface area (Å²) in [6.45, 7) is 2.98. The topological polar surface area (TPSA) is 41.1 Å². The molecule has 1 amide bonds. The van der Waals surface area contributed by atoms with Crippen LogP contribution in [0, 0.1) is 5.92 Å². The third-order valence-electron chi connectivity index (χ3n) is 2.75. The highest BCUT2D eigenvalue weighted by Gasteiger charge is 2.14. The van der Waals surface area contributed by atoms with E-state index >= 15 is 0 Å². The average Bonchev–Trinajstić information content (AvgIpc) is 2.81. The molecule has 1 aliphatic rings. The van der Waals surface area contributed by atoms with Gasteiger partial charge in [0, 0.05) is 6.54 Å². The van der Waals surface area contributed by atoms with Crippen molar-refractivity contribution in [3.63, 3.8) is 0 Å². The van der Waals surface area contributed by atoms with Crippen molar-refractivity contribution in [1.82, 2.24) is 10.6 Å². The highest BCUT2D eigenvalue weighted by atomic mass is 32.1. The Morgan fingerprint density at radius 2 is 2.33 bits per heavy atom. The summed E-state index contributed by atoms with van der Waals surface area (Å²) in [6, 6.07) is 3.77. The molecule has 15 heavy (non-hydrogen) atoms. The second-order valence-corrected chi connectivity index (χ2v) is 4.83. The first-order chi connectivity index (χ1) is 7.36. The van der Waals surface area contributed by atoms with Crippen molar-refractivity contribution in [2.24, 2.45) is 5.92 Å². The second-order valence-electron chi connectivity index (χ2n) is 3.88. The number of rotatable bonds is 3. The summed E-state index contributed by atoms with van der Waals surface area (Å²) in [5.74, 6) is 0.721. The first-order valence-corrected chi connectivity index (χ1v) is 6.26. The SMILES string of the molecule is O=C(NCC1CCNCC1)c1cccs1. The maximum absolute atomic E-state index is 11.6. The van der Waals surface area contributed by atoms with Gasteiger partial charge in [-0.15, -0.1) is 11.3 Å². The fourth-order valence-electron chi connectivity index (χ4n) is 1.82. The second kappa shape index (κ2) is 5.28. The molecule has 0 aliphatic carbocycles. The molecule has 0 atom stereocenters. The molecule has 1 saturated heterocycles. The minimum atomic E-state index is 0.0727. The van der Waals surface area contributed by atoms with Crippen LogP contribution in [-0.4, -0.2) is 25.5 Å². The Morgan fingerprint density at radius 3 is 3.00 bits per heavy atom. The normalized spacial score (nSPS) is 17.6. The van der Waals surface area contributed by atoms with Crippen molar-refractivity contribution in [3.05, 3.63) is 22.4 Å². The molecule has 0 bridgehead atoms. The lowest BCUT2D eigenvalue weighted by atomic mass is 9.98. The lowest BCUT2D eigenvalue weighted by Gasteiger charge is -2.22. The number of amides is 1. The Balaban J connectivity index is 1.75. The number of piperidine rings is 1. The quantitative estimate of drug-likeness (QED) is 0.816. The summed E-state index contributed by atoms with van der Waals surface area (Å²) in [4.78, 5) is 12.4. The Hall–Kier alpha value is -0.870. The molecule has 2 rings (SSSR count). The van der Waals surface area contributed by atoms with E-state index in [0.29, 0.717) is 5.92 Å². The van der Waals surface area contributed by atoms with Gasteiger partial charge in [-0.3, -0.25) is 4.79 Å². The molecule has 3 nitrogen and oxygen atoms in total. The fourth-order valence-corrected chi connectivity index (χ4v) is 2.46. The van der Waals surface area contributed by atoms with E-state index in [4.69, 9.17) is 0 Å². The summed E-state index contributed by atoms with van der Waals surface area (Å²) in [6.07, 6.45) is 2.34. The number of thiophene rings is 1. The summed E-state index contributed by atoms with van der Waals surface area (Å²) in [5.41, 5.74) is 0. The molecule has 0 aromatic carbocycles. The van der Waals surface area contributed by atoms with E-state index in [9.17, 15) is 4.79 Å². The zero-order valence-electron chi connectivity index (χ0n) is 8.66. The predicted octanol–water partition coefficient (Wildman–Crippen LogP) is 1.48. The van der Waals surface area contributed by atoms with E-state index in [-0.39, 0.29) is 5.91 Å². The molecule has 1 aliphatic heterocycles. The minimum absolute atomic E-state index is 0.0727. The van der Waals surface area contributed by atoms with Gasteiger partial charge in [-0.2, -0.15) is 0 Å². The molecule has 2 N–H and O–H groups in total. The van der Waals surface area contributed by atoms with Gasteiger partial charge >= 0.3 is 0 Å². The van der Waals surface area contributed by atoms with E-state index in [1.165, 1.54) is 24.2 Å². The Bertz CT molecular complexity index is 304. The van der Waals surface area contributed by atoms with Crippen molar-refractivity contribution in [1.29, 1.82) is 0 Å². The summed E-state index contributed by atoms with van der Waals surface area (Å²) < 4.78 is 0. The zero-order chi connectivity index (χ0) is 10.5. The average molecular weight is 224 g/mol. The molecule has 0 unspecified atom stereocenters. The van der Waals surface area contributed by atoms with Crippen molar-refractivity contribution in [3.8, 4) is 0 Å². The lowest BCUT2D eigenvalue weighted by Crippen LogP contribution is -2.35. The standard InChI is InChI=1S/C11H16N2OS/c14-11(10-2-1-7-15-10)13-8-9-3-5-12-6-4-9/h1-2,7,9,12H,3-6,8H2,(H,13,14). The molecular formula is C11H16N2OS. The zero-order valence-corrected chi connectivity index (χ0v) is 9.48. The van der Waals surface area contributed by atoms with Crippen LogP contribution in [0.2, 0.25) is 0 Å². The van der Waals surface area contributed by atoms with Crippen molar-refractivity contribution in [2.75, 3.05) is 19.6 Å². The van der Waals surface area contributed by atoms with Crippen molar-refractivity contribution < 1.29 is 4.79 Å². The molecule has 1 aromatic heterocycles. The van der Waals surface area contributed by atoms with Crippen LogP contribution in [0.25, 0.3) is 0 Å². The summed E-state index contributed by atoms with van der Waals surface area (Å²) >= 11 is 1.49. The van der Waals surface area contributed by atoms with Gasteiger partial charge in [0.25, 0.3) is 5.91 Å². The highest BCUT2D eigenvalue weighted by molar-refractivity contribution is 7.12. The molecule has 1 aromatic rings. The van der Waals surface area contributed by atoms with Crippen LogP contribution in [0.3, 0.4) is 0 Å². The van der Waals surface area contributed by atoms with Gasteiger partial charge in [-0.1, -0.05) is 6.07 Å². The van der Waals surface area contributed by atoms with Gasteiger partial charge in [0.05, 0.1) is 4.88 Å². The predicted molar refractivity (Wildman–Crippen MR) is 62.2 cm³/mol. The third kappa shape index (κ3) is 3.04. The molecule has 0 saturated carbocycles. The maximum Gasteiger partial charge on any atom is 0.261 e. The molecule has 0 spiro atoms.